The molecule has 1 atom stereocenters. The number of aryl methyl sites for hydroxylation is 2. The highest BCUT2D eigenvalue weighted by molar-refractivity contribution is 5.96. The molecule has 0 aliphatic carbocycles. The van der Waals surface area contributed by atoms with Crippen LogP contribution in [0.25, 0.3) is 0 Å². The zero-order valence-corrected chi connectivity index (χ0v) is 11.6. The van der Waals surface area contributed by atoms with Gasteiger partial charge in [-0.1, -0.05) is 0 Å². The minimum atomic E-state index is -0.439. The first-order valence-corrected chi connectivity index (χ1v) is 6.45. The maximum absolute atomic E-state index is 12.6. The summed E-state index contributed by atoms with van der Waals surface area (Å²) >= 11 is 0. The van der Waals surface area contributed by atoms with E-state index in [9.17, 15) is 10.1 Å². The Morgan fingerprint density at radius 3 is 2.63 bits per heavy atom. The van der Waals surface area contributed by atoms with Gasteiger partial charge in [0.05, 0.1) is 28.4 Å². The number of likely N-dealkylation sites (tertiary alicyclic amines) is 1. The second kappa shape index (κ2) is 4.96. The van der Waals surface area contributed by atoms with Gasteiger partial charge in [-0.05, 0) is 33.6 Å². The van der Waals surface area contributed by atoms with Gasteiger partial charge in [-0.25, -0.2) is 9.97 Å². The van der Waals surface area contributed by atoms with E-state index in [0.717, 1.165) is 12.8 Å². The lowest BCUT2D eigenvalue weighted by molar-refractivity contribution is 0.0627. The topological polar surface area (TPSA) is 69.9 Å². The normalized spacial score (nSPS) is 22.9. The number of piperidine rings is 1. The summed E-state index contributed by atoms with van der Waals surface area (Å²) in [5, 5.41) is 9.22. The van der Waals surface area contributed by atoms with Gasteiger partial charge in [0.25, 0.3) is 5.91 Å². The molecule has 5 nitrogen and oxygen atoms in total. The highest BCUT2D eigenvalue weighted by atomic mass is 16.2. The summed E-state index contributed by atoms with van der Waals surface area (Å²) in [6.07, 6.45) is 3.18. The lowest BCUT2D eigenvalue weighted by Crippen LogP contribution is -2.44. The fourth-order valence-electron chi connectivity index (χ4n) is 2.56. The molecule has 1 aliphatic rings. The Morgan fingerprint density at radius 1 is 1.42 bits per heavy atom. The smallest absolute Gasteiger partial charge is 0.257 e. The Labute approximate surface area is 113 Å². The maximum atomic E-state index is 12.6. The first-order chi connectivity index (χ1) is 8.97. The molecule has 1 saturated heterocycles. The van der Waals surface area contributed by atoms with E-state index in [1.165, 1.54) is 6.33 Å². The number of nitriles is 1. The van der Waals surface area contributed by atoms with Gasteiger partial charge in [0.2, 0.25) is 0 Å². The van der Waals surface area contributed by atoms with Gasteiger partial charge in [0.1, 0.15) is 6.33 Å². The number of nitrogens with zero attached hydrogens (tertiary/aromatic N) is 4. The van der Waals surface area contributed by atoms with Crippen LogP contribution in [0.5, 0.6) is 0 Å². The molecule has 5 heteroatoms. The molecule has 1 fully saturated rings. The Balaban J connectivity index is 2.28. The molecule has 100 valence electrons. The van der Waals surface area contributed by atoms with Gasteiger partial charge in [0, 0.05) is 13.1 Å². The zero-order chi connectivity index (χ0) is 14.0. The molecule has 0 saturated carbocycles. The average molecular weight is 258 g/mol. The standard InChI is InChI=1S/C14H18N4O/c1-10-12(11(2)17-9-16-10)13(19)18-6-4-5-14(3,7-15)8-18/h9H,4-6,8H2,1-3H3. The van der Waals surface area contributed by atoms with Crippen molar-refractivity contribution in [2.45, 2.75) is 33.6 Å². The fraction of sp³-hybridized carbons (Fsp3) is 0.571. The predicted octanol–water partition coefficient (Wildman–Crippen LogP) is 1.86. The first kappa shape index (κ1) is 13.5. The molecule has 2 heterocycles. The highest BCUT2D eigenvalue weighted by Crippen LogP contribution is 2.29. The summed E-state index contributed by atoms with van der Waals surface area (Å²) in [6, 6.07) is 2.32. The van der Waals surface area contributed by atoms with E-state index in [1.807, 2.05) is 20.8 Å². The van der Waals surface area contributed by atoms with Crippen LogP contribution in [0.2, 0.25) is 0 Å². The predicted molar refractivity (Wildman–Crippen MR) is 70.4 cm³/mol. The van der Waals surface area contributed by atoms with Crippen LogP contribution in [0.1, 0.15) is 41.5 Å². The minimum absolute atomic E-state index is 0.0585. The number of amides is 1. The van der Waals surface area contributed by atoms with Gasteiger partial charge in [-0.2, -0.15) is 5.26 Å². The molecule has 1 aliphatic heterocycles. The van der Waals surface area contributed by atoms with Crippen molar-refractivity contribution in [1.29, 1.82) is 5.26 Å². The van der Waals surface area contributed by atoms with Crippen molar-refractivity contribution in [3.63, 3.8) is 0 Å². The fourth-order valence-corrected chi connectivity index (χ4v) is 2.56. The number of hydrogen-bond donors (Lipinski definition) is 0. The van der Waals surface area contributed by atoms with Gasteiger partial charge in [-0.3, -0.25) is 4.79 Å². The van der Waals surface area contributed by atoms with E-state index in [1.54, 1.807) is 4.90 Å². The number of carbonyl (C=O) groups excluding carboxylic acids is 1. The Hall–Kier alpha value is -1.96. The van der Waals surface area contributed by atoms with E-state index >= 15 is 0 Å². The van der Waals surface area contributed by atoms with Crippen molar-refractivity contribution in [1.82, 2.24) is 14.9 Å². The third-order valence-corrected chi connectivity index (χ3v) is 3.69. The van der Waals surface area contributed by atoms with Crippen LogP contribution in [0.4, 0.5) is 0 Å². The van der Waals surface area contributed by atoms with Crippen LogP contribution in [0.3, 0.4) is 0 Å². The van der Waals surface area contributed by atoms with E-state index in [4.69, 9.17) is 0 Å². The maximum Gasteiger partial charge on any atom is 0.257 e. The molecule has 1 amide bonds. The summed E-state index contributed by atoms with van der Waals surface area (Å²) in [5.74, 6) is -0.0585. The molecular weight excluding hydrogens is 240 g/mol. The Bertz CT molecular complexity index is 529. The van der Waals surface area contributed by atoms with Gasteiger partial charge < -0.3 is 4.90 Å². The SMILES string of the molecule is Cc1ncnc(C)c1C(=O)N1CCCC(C)(C#N)C1. The summed E-state index contributed by atoms with van der Waals surface area (Å²) in [6.45, 7) is 6.72. The monoisotopic (exact) mass is 258 g/mol. The van der Waals surface area contributed by atoms with Crippen molar-refractivity contribution in [3.05, 3.63) is 23.3 Å². The zero-order valence-electron chi connectivity index (χ0n) is 11.6. The summed E-state index contributed by atoms with van der Waals surface area (Å²) < 4.78 is 0. The van der Waals surface area contributed by atoms with Crippen molar-refractivity contribution >= 4 is 5.91 Å². The molecular formula is C14H18N4O. The molecule has 0 spiro atoms. The van der Waals surface area contributed by atoms with Gasteiger partial charge in [-0.15, -0.1) is 0 Å². The third kappa shape index (κ3) is 2.58. The summed E-state index contributed by atoms with van der Waals surface area (Å²) in [4.78, 5) is 22.5. The number of aromatic nitrogens is 2. The van der Waals surface area contributed by atoms with Crippen molar-refractivity contribution < 1.29 is 4.79 Å². The van der Waals surface area contributed by atoms with Crippen molar-refractivity contribution in [2.75, 3.05) is 13.1 Å². The van der Waals surface area contributed by atoms with Crippen molar-refractivity contribution in [3.8, 4) is 6.07 Å². The second-order valence-electron chi connectivity index (χ2n) is 5.42. The molecule has 19 heavy (non-hydrogen) atoms. The van der Waals surface area contributed by atoms with Crippen LogP contribution in [-0.2, 0) is 0 Å². The van der Waals surface area contributed by atoms with Gasteiger partial charge >= 0.3 is 0 Å². The molecule has 1 unspecified atom stereocenters. The Kier molecular flexibility index (Phi) is 3.52. The molecule has 0 N–H and O–H groups in total. The summed E-state index contributed by atoms with van der Waals surface area (Å²) in [7, 11) is 0. The lowest BCUT2D eigenvalue weighted by atomic mass is 9.83. The number of carbonyl (C=O) groups is 1. The first-order valence-electron chi connectivity index (χ1n) is 6.45. The molecule has 1 aromatic heterocycles. The van der Waals surface area contributed by atoms with E-state index < -0.39 is 5.41 Å². The molecule has 2 rings (SSSR count). The van der Waals surface area contributed by atoms with Crippen LogP contribution >= 0.6 is 0 Å². The van der Waals surface area contributed by atoms with E-state index in [-0.39, 0.29) is 5.91 Å². The average Bonchev–Trinajstić information content (AvgIpc) is 2.38. The van der Waals surface area contributed by atoms with E-state index in [0.29, 0.717) is 30.0 Å². The quantitative estimate of drug-likeness (QED) is 0.771. The molecule has 0 aromatic carbocycles. The van der Waals surface area contributed by atoms with Crippen LogP contribution in [0.15, 0.2) is 6.33 Å². The number of rotatable bonds is 1. The third-order valence-electron chi connectivity index (χ3n) is 3.69. The molecule has 0 radical (unpaired) electrons. The summed E-state index contributed by atoms with van der Waals surface area (Å²) in [5.41, 5.74) is 1.53. The van der Waals surface area contributed by atoms with Crippen LogP contribution < -0.4 is 0 Å². The minimum Gasteiger partial charge on any atom is -0.337 e. The number of hydrogen-bond acceptors (Lipinski definition) is 4. The van der Waals surface area contributed by atoms with Crippen LogP contribution in [0, 0.1) is 30.6 Å². The van der Waals surface area contributed by atoms with E-state index in [2.05, 4.69) is 16.0 Å². The lowest BCUT2D eigenvalue weighted by Gasteiger charge is -2.36. The molecule has 1 aromatic rings. The highest BCUT2D eigenvalue weighted by Gasteiger charge is 2.34. The Morgan fingerprint density at radius 2 is 2.05 bits per heavy atom. The van der Waals surface area contributed by atoms with Crippen LogP contribution in [-0.4, -0.2) is 33.9 Å². The largest absolute Gasteiger partial charge is 0.337 e. The van der Waals surface area contributed by atoms with Crippen molar-refractivity contribution in [2.24, 2.45) is 5.41 Å². The second-order valence-corrected chi connectivity index (χ2v) is 5.42. The van der Waals surface area contributed by atoms with Gasteiger partial charge in [0.15, 0.2) is 0 Å². The molecule has 0 bridgehead atoms.